The van der Waals surface area contributed by atoms with Crippen molar-refractivity contribution in [1.82, 2.24) is 4.90 Å². The molecule has 1 aromatic rings. The molecule has 0 unspecified atom stereocenters. The van der Waals surface area contributed by atoms with Crippen molar-refractivity contribution in [3.63, 3.8) is 0 Å². The van der Waals surface area contributed by atoms with Gasteiger partial charge in [0.2, 0.25) is 0 Å². The quantitative estimate of drug-likeness (QED) is 0.680. The van der Waals surface area contributed by atoms with Gasteiger partial charge in [0, 0.05) is 13.0 Å². The van der Waals surface area contributed by atoms with Crippen LogP contribution in [0.4, 0.5) is 17.6 Å². The first-order valence-electron chi connectivity index (χ1n) is 5.95. The summed E-state index contributed by atoms with van der Waals surface area (Å²) in [5.74, 6) is 4.60. The van der Waals surface area contributed by atoms with Gasteiger partial charge in [-0.15, -0.1) is 0 Å². The maximum absolute atomic E-state index is 13.4. The van der Waals surface area contributed by atoms with Crippen molar-refractivity contribution >= 4 is 0 Å². The molecule has 0 amide bonds. The number of aliphatic hydroxyl groups is 1. The zero-order valence-electron chi connectivity index (χ0n) is 11.0. The maximum Gasteiger partial charge on any atom is 0.401 e. The van der Waals surface area contributed by atoms with E-state index < -0.39 is 18.5 Å². The molecule has 0 aliphatic heterocycles. The Kier molecular flexibility index (Phi) is 5.99. The third-order valence-corrected chi connectivity index (χ3v) is 2.39. The van der Waals surface area contributed by atoms with Crippen LogP contribution >= 0.6 is 0 Å². The summed E-state index contributed by atoms with van der Waals surface area (Å²) in [7, 11) is 1.34. The monoisotopic (exact) mass is 289 g/mol. The molecular weight excluding hydrogens is 274 g/mol. The van der Waals surface area contributed by atoms with Gasteiger partial charge in [-0.05, 0) is 24.7 Å². The zero-order chi connectivity index (χ0) is 15.2. The molecule has 0 aromatic heterocycles. The smallest absolute Gasteiger partial charge is 0.395 e. The highest BCUT2D eigenvalue weighted by Crippen LogP contribution is 2.17. The third kappa shape index (κ3) is 6.04. The number of nitrogens with zero attached hydrogens (tertiary/aromatic N) is 1. The van der Waals surface area contributed by atoms with Crippen LogP contribution in [-0.4, -0.2) is 36.4 Å². The van der Waals surface area contributed by atoms with Gasteiger partial charge >= 0.3 is 6.18 Å². The molecule has 0 aliphatic carbocycles. The van der Waals surface area contributed by atoms with Crippen LogP contribution in [0.1, 0.15) is 17.5 Å². The predicted octanol–water partition coefficient (Wildman–Crippen LogP) is 2.55. The lowest BCUT2D eigenvalue weighted by Gasteiger charge is -2.18. The van der Waals surface area contributed by atoms with Gasteiger partial charge in [-0.2, -0.15) is 13.2 Å². The average molecular weight is 289 g/mol. The highest BCUT2D eigenvalue weighted by Gasteiger charge is 2.29. The summed E-state index contributed by atoms with van der Waals surface area (Å²) in [6.45, 7) is -1.10. The van der Waals surface area contributed by atoms with Gasteiger partial charge in [0.25, 0.3) is 0 Å². The molecule has 0 aliphatic rings. The summed E-state index contributed by atoms with van der Waals surface area (Å²) >= 11 is 0. The van der Waals surface area contributed by atoms with Crippen molar-refractivity contribution in [2.45, 2.75) is 19.1 Å². The highest BCUT2D eigenvalue weighted by atomic mass is 19.4. The lowest BCUT2D eigenvalue weighted by atomic mass is 10.1. The average Bonchev–Trinajstić information content (AvgIpc) is 2.31. The van der Waals surface area contributed by atoms with Gasteiger partial charge in [-0.25, -0.2) is 4.39 Å². The van der Waals surface area contributed by atoms with Crippen LogP contribution in [-0.2, 0) is 6.54 Å². The molecule has 0 radical (unpaired) electrons. The fourth-order valence-corrected chi connectivity index (χ4v) is 1.65. The molecule has 1 N–H and O–H groups in total. The fraction of sp³-hybridized carbons (Fsp3) is 0.429. The van der Waals surface area contributed by atoms with Crippen LogP contribution in [0.2, 0.25) is 0 Å². The normalized spacial score (nSPS) is 11.3. The minimum atomic E-state index is -4.27. The molecule has 0 saturated heterocycles. The molecule has 0 bridgehead atoms. The lowest BCUT2D eigenvalue weighted by molar-refractivity contribution is -0.144. The first-order valence-corrected chi connectivity index (χ1v) is 5.95. The summed E-state index contributed by atoms with van der Waals surface area (Å²) < 4.78 is 50.1. The number of benzene rings is 1. The van der Waals surface area contributed by atoms with E-state index in [1.165, 1.54) is 25.2 Å². The van der Waals surface area contributed by atoms with Gasteiger partial charge in [-0.1, -0.05) is 17.9 Å². The van der Waals surface area contributed by atoms with Crippen molar-refractivity contribution in [2.75, 3.05) is 20.2 Å². The first kappa shape index (κ1) is 16.5. The van der Waals surface area contributed by atoms with E-state index in [0.29, 0.717) is 5.56 Å². The molecule has 0 fully saturated rings. The molecule has 0 spiro atoms. The van der Waals surface area contributed by atoms with Crippen molar-refractivity contribution in [3.8, 4) is 11.8 Å². The van der Waals surface area contributed by atoms with Crippen molar-refractivity contribution in [1.29, 1.82) is 0 Å². The van der Waals surface area contributed by atoms with E-state index in [2.05, 4.69) is 11.8 Å². The molecule has 20 heavy (non-hydrogen) atoms. The number of hydrogen-bond acceptors (Lipinski definition) is 2. The van der Waals surface area contributed by atoms with Gasteiger partial charge in [0.05, 0.1) is 18.7 Å². The Morgan fingerprint density at radius 1 is 1.30 bits per heavy atom. The summed E-state index contributed by atoms with van der Waals surface area (Å²) in [6, 6.07) is 4.03. The molecule has 1 aromatic carbocycles. The molecule has 0 saturated carbocycles. The van der Waals surface area contributed by atoms with Crippen LogP contribution in [0.3, 0.4) is 0 Å². The zero-order valence-corrected chi connectivity index (χ0v) is 11.0. The van der Waals surface area contributed by atoms with Gasteiger partial charge in [-0.3, -0.25) is 4.90 Å². The fourth-order valence-electron chi connectivity index (χ4n) is 1.65. The Morgan fingerprint density at radius 3 is 2.60 bits per heavy atom. The summed E-state index contributed by atoms with van der Waals surface area (Å²) in [5.41, 5.74) is 0.669. The van der Waals surface area contributed by atoms with Crippen LogP contribution in [0, 0.1) is 17.7 Å². The summed E-state index contributed by atoms with van der Waals surface area (Å²) in [5, 5.41) is 8.59. The van der Waals surface area contributed by atoms with Crippen LogP contribution in [0.5, 0.6) is 0 Å². The lowest BCUT2D eigenvalue weighted by Crippen LogP contribution is -2.30. The SMILES string of the molecule is CN(Cc1ccc(F)c(C#CCCO)c1)CC(F)(F)F. The number of halogens is 4. The Bertz CT molecular complexity index is 502. The molecule has 0 atom stereocenters. The first-order chi connectivity index (χ1) is 9.31. The van der Waals surface area contributed by atoms with Crippen molar-refractivity contribution in [3.05, 3.63) is 35.1 Å². The highest BCUT2D eigenvalue weighted by molar-refractivity contribution is 5.38. The largest absolute Gasteiger partial charge is 0.401 e. The van der Waals surface area contributed by atoms with E-state index in [9.17, 15) is 17.6 Å². The Balaban J connectivity index is 2.78. The van der Waals surface area contributed by atoms with E-state index in [-0.39, 0.29) is 25.1 Å². The maximum atomic E-state index is 13.4. The van der Waals surface area contributed by atoms with E-state index in [1.807, 2.05) is 0 Å². The van der Waals surface area contributed by atoms with Gasteiger partial charge in [0.15, 0.2) is 0 Å². The Labute approximate surface area is 115 Å². The van der Waals surface area contributed by atoms with E-state index in [0.717, 1.165) is 4.90 Å². The van der Waals surface area contributed by atoms with Crippen molar-refractivity contribution in [2.24, 2.45) is 0 Å². The second kappa shape index (κ2) is 7.27. The standard InChI is InChI=1S/C14H15F4NO/c1-19(10-14(16,17)18)9-11-5-6-13(15)12(8-11)4-2-3-7-20/h5-6,8,20H,3,7,9-10H2,1H3. The third-order valence-electron chi connectivity index (χ3n) is 2.39. The topological polar surface area (TPSA) is 23.5 Å². The molecule has 6 heteroatoms. The van der Waals surface area contributed by atoms with E-state index in [4.69, 9.17) is 5.11 Å². The number of alkyl halides is 3. The predicted molar refractivity (Wildman–Crippen MR) is 67.4 cm³/mol. The van der Waals surface area contributed by atoms with Crippen LogP contribution in [0.25, 0.3) is 0 Å². The Morgan fingerprint density at radius 2 is 2.00 bits per heavy atom. The van der Waals surface area contributed by atoms with Crippen LogP contribution in [0.15, 0.2) is 18.2 Å². The molecular formula is C14H15F4NO. The molecule has 0 heterocycles. The molecule has 110 valence electrons. The summed E-state index contributed by atoms with van der Waals surface area (Å²) in [4.78, 5) is 1.10. The number of aliphatic hydroxyl groups excluding tert-OH is 1. The van der Waals surface area contributed by atoms with Crippen molar-refractivity contribution < 1.29 is 22.7 Å². The van der Waals surface area contributed by atoms with Gasteiger partial charge < -0.3 is 5.11 Å². The minimum absolute atomic E-state index is 0.0501. The molecule has 1 rings (SSSR count). The minimum Gasteiger partial charge on any atom is -0.395 e. The van der Waals surface area contributed by atoms with E-state index in [1.54, 1.807) is 0 Å². The second-order valence-corrected chi connectivity index (χ2v) is 4.38. The van der Waals surface area contributed by atoms with Crippen LogP contribution < -0.4 is 0 Å². The number of hydrogen-bond donors (Lipinski definition) is 1. The number of rotatable bonds is 4. The Hall–Kier alpha value is -1.58. The van der Waals surface area contributed by atoms with E-state index >= 15 is 0 Å². The second-order valence-electron chi connectivity index (χ2n) is 4.38. The molecule has 2 nitrogen and oxygen atoms in total. The van der Waals surface area contributed by atoms with Gasteiger partial charge in [0.1, 0.15) is 5.82 Å². The summed E-state index contributed by atoms with van der Waals surface area (Å²) in [6.07, 6.45) is -4.05.